The molecule has 5 heterocycles. The number of alkyl halides is 2. The van der Waals surface area contributed by atoms with Crippen LogP contribution in [0.3, 0.4) is 0 Å². The lowest BCUT2D eigenvalue weighted by Crippen LogP contribution is -2.52. The number of hydrogen-bond acceptors (Lipinski definition) is 11. The second-order valence-corrected chi connectivity index (χ2v) is 9.47. The smallest absolute Gasteiger partial charge is 0.296 e. The van der Waals surface area contributed by atoms with E-state index in [-0.39, 0.29) is 18.1 Å². The van der Waals surface area contributed by atoms with E-state index in [9.17, 15) is 8.78 Å². The number of methoxy groups -OCH3 is 1. The Hall–Kier alpha value is -4.72. The van der Waals surface area contributed by atoms with Gasteiger partial charge in [0.1, 0.15) is 24.2 Å². The summed E-state index contributed by atoms with van der Waals surface area (Å²) in [6.45, 7) is 1.96. The second-order valence-electron chi connectivity index (χ2n) is 9.47. The molecule has 0 aliphatic carbocycles. The minimum atomic E-state index is -3.07. The zero-order chi connectivity index (χ0) is 27.9. The molecule has 14 heteroatoms. The average molecular weight is 550 g/mol. The molecule has 1 atom stereocenters. The lowest BCUT2D eigenvalue weighted by molar-refractivity contribution is -0.135. The third kappa shape index (κ3) is 4.88. The van der Waals surface area contributed by atoms with Crippen LogP contribution in [0.15, 0.2) is 49.4 Å². The van der Waals surface area contributed by atoms with E-state index < -0.39 is 18.6 Å². The molecule has 0 radical (unpaired) electrons. The zero-order valence-corrected chi connectivity index (χ0v) is 21.9. The maximum Gasteiger partial charge on any atom is 0.296 e. The number of ether oxygens (including phenoxy) is 3. The van der Waals surface area contributed by atoms with Gasteiger partial charge in [-0.25, -0.2) is 33.2 Å². The molecule has 1 saturated heterocycles. The van der Waals surface area contributed by atoms with Gasteiger partial charge in [0.05, 0.1) is 43.1 Å². The molecule has 0 saturated carbocycles. The van der Waals surface area contributed by atoms with Crippen molar-refractivity contribution in [3.8, 4) is 23.1 Å². The van der Waals surface area contributed by atoms with Gasteiger partial charge in [-0.3, -0.25) is 0 Å². The van der Waals surface area contributed by atoms with Crippen molar-refractivity contribution in [3.05, 3.63) is 55.0 Å². The van der Waals surface area contributed by atoms with Gasteiger partial charge in [0, 0.05) is 18.7 Å². The summed E-state index contributed by atoms with van der Waals surface area (Å²) in [5.74, 6) is -1.01. The molecular weight excluding hydrogens is 524 g/mol. The van der Waals surface area contributed by atoms with E-state index in [2.05, 4.69) is 35.3 Å². The third-order valence-corrected chi connectivity index (χ3v) is 6.56. The summed E-state index contributed by atoms with van der Waals surface area (Å²) in [6, 6.07) is 5.47. The van der Waals surface area contributed by atoms with Gasteiger partial charge in [-0.15, -0.1) is 0 Å². The van der Waals surface area contributed by atoms with Gasteiger partial charge in [0.2, 0.25) is 0 Å². The molecule has 1 N–H and O–H groups in total. The van der Waals surface area contributed by atoms with Crippen LogP contribution in [-0.4, -0.2) is 78.7 Å². The molecule has 40 heavy (non-hydrogen) atoms. The molecule has 12 nitrogen and oxygen atoms in total. The van der Waals surface area contributed by atoms with Gasteiger partial charge in [-0.2, -0.15) is 10.1 Å². The fourth-order valence-corrected chi connectivity index (χ4v) is 4.59. The molecule has 0 bridgehead atoms. The van der Waals surface area contributed by atoms with Crippen LogP contribution in [-0.2, 0) is 0 Å². The standard InChI is InChI=1S/C26H25F2N9O3/c1-15-8-16(4-5-19(15)39-17-9-30-25-33-14-34-37(25)11-17)35-23-21-18(31-13-32-23)10-29-24(38-3)22(21)40-20-6-7-36(2)12-26(20,27)28/h4-5,8-11,13-14,20H,6-7,12H2,1-3H3,(H,31,32,35)/t20-/m0/s1. The fraction of sp³-hybridized carbons (Fsp3) is 0.308. The topological polar surface area (TPSA) is 125 Å². The number of hydrogen-bond donors (Lipinski definition) is 1. The summed E-state index contributed by atoms with van der Waals surface area (Å²) in [6.07, 6.45) is 6.30. The number of aromatic nitrogens is 7. The molecule has 5 aromatic rings. The van der Waals surface area contributed by atoms with Gasteiger partial charge >= 0.3 is 0 Å². The third-order valence-electron chi connectivity index (χ3n) is 6.56. The van der Waals surface area contributed by atoms with Crippen LogP contribution in [0.4, 0.5) is 20.3 Å². The molecule has 1 fully saturated rings. The summed E-state index contributed by atoms with van der Waals surface area (Å²) in [5, 5.41) is 7.71. The zero-order valence-electron chi connectivity index (χ0n) is 21.9. The number of benzene rings is 1. The summed E-state index contributed by atoms with van der Waals surface area (Å²) < 4.78 is 48.6. The summed E-state index contributed by atoms with van der Waals surface area (Å²) in [4.78, 5) is 22.7. The molecule has 6 rings (SSSR count). The Kier molecular flexibility index (Phi) is 6.46. The van der Waals surface area contributed by atoms with Crippen molar-refractivity contribution in [2.24, 2.45) is 0 Å². The summed E-state index contributed by atoms with van der Waals surface area (Å²) in [7, 11) is 3.06. The number of likely N-dealkylation sites (tertiary alicyclic amines) is 1. The van der Waals surface area contributed by atoms with Crippen LogP contribution in [0, 0.1) is 6.92 Å². The summed E-state index contributed by atoms with van der Waals surface area (Å²) in [5.41, 5.74) is 1.92. The SMILES string of the molecule is COc1ncc2ncnc(Nc3ccc(Oc4cnc5ncnn5c4)c(C)c3)c2c1O[C@H]1CCN(C)CC1(F)F. The average Bonchev–Trinajstić information content (AvgIpc) is 3.39. The number of pyridine rings is 1. The highest BCUT2D eigenvalue weighted by Gasteiger charge is 2.46. The first-order chi connectivity index (χ1) is 19.3. The van der Waals surface area contributed by atoms with E-state index in [0.29, 0.717) is 46.2 Å². The molecule has 1 aliphatic rings. The van der Waals surface area contributed by atoms with Crippen molar-refractivity contribution < 1.29 is 23.0 Å². The van der Waals surface area contributed by atoms with E-state index in [4.69, 9.17) is 14.2 Å². The van der Waals surface area contributed by atoms with Gasteiger partial charge in [0.25, 0.3) is 17.6 Å². The van der Waals surface area contributed by atoms with Crippen molar-refractivity contribution in [2.45, 2.75) is 25.4 Å². The number of piperidine rings is 1. The molecule has 0 unspecified atom stereocenters. The first kappa shape index (κ1) is 25.6. The van der Waals surface area contributed by atoms with Gasteiger partial charge in [-0.1, -0.05) is 0 Å². The highest BCUT2D eigenvalue weighted by Crippen LogP contribution is 2.41. The van der Waals surface area contributed by atoms with Crippen LogP contribution in [0.1, 0.15) is 12.0 Å². The number of anilines is 2. The van der Waals surface area contributed by atoms with Crippen LogP contribution in [0.2, 0.25) is 0 Å². The number of aryl methyl sites for hydroxylation is 1. The Morgan fingerprint density at radius 2 is 1.95 bits per heavy atom. The number of nitrogens with zero attached hydrogens (tertiary/aromatic N) is 8. The Morgan fingerprint density at radius 3 is 2.75 bits per heavy atom. The fourth-order valence-electron chi connectivity index (χ4n) is 4.59. The normalized spacial score (nSPS) is 17.2. The van der Waals surface area contributed by atoms with Crippen molar-refractivity contribution in [3.63, 3.8) is 0 Å². The van der Waals surface area contributed by atoms with E-state index in [1.807, 2.05) is 19.1 Å². The van der Waals surface area contributed by atoms with Crippen LogP contribution >= 0.6 is 0 Å². The second kappa shape index (κ2) is 10.1. The number of halogens is 2. The number of rotatable bonds is 7. The highest BCUT2D eigenvalue weighted by atomic mass is 19.3. The number of fused-ring (bicyclic) bond motifs is 2. The molecule has 0 amide bonds. The van der Waals surface area contributed by atoms with Crippen molar-refractivity contribution in [1.29, 1.82) is 0 Å². The Morgan fingerprint density at radius 1 is 1.07 bits per heavy atom. The minimum Gasteiger partial charge on any atom is -0.478 e. The van der Waals surface area contributed by atoms with Gasteiger partial charge in [0.15, 0.2) is 17.6 Å². The van der Waals surface area contributed by atoms with E-state index >= 15 is 0 Å². The first-order valence-corrected chi connectivity index (χ1v) is 12.4. The monoisotopic (exact) mass is 549 g/mol. The highest BCUT2D eigenvalue weighted by molar-refractivity contribution is 5.96. The van der Waals surface area contributed by atoms with E-state index in [0.717, 1.165) is 5.56 Å². The van der Waals surface area contributed by atoms with E-state index in [1.54, 1.807) is 30.4 Å². The van der Waals surface area contributed by atoms with Crippen molar-refractivity contribution in [1.82, 2.24) is 39.4 Å². The lowest BCUT2D eigenvalue weighted by atomic mass is 10.0. The molecule has 1 aliphatic heterocycles. The van der Waals surface area contributed by atoms with Gasteiger partial charge in [-0.05, 0) is 37.7 Å². The Bertz CT molecular complexity index is 1700. The first-order valence-electron chi connectivity index (χ1n) is 12.4. The number of nitrogens with one attached hydrogen (secondary N) is 1. The maximum absolute atomic E-state index is 14.9. The Labute approximate surface area is 227 Å². The molecule has 4 aromatic heterocycles. The maximum atomic E-state index is 14.9. The molecule has 206 valence electrons. The lowest BCUT2D eigenvalue weighted by Gasteiger charge is -2.36. The van der Waals surface area contributed by atoms with Crippen molar-refractivity contribution in [2.75, 3.05) is 32.6 Å². The van der Waals surface area contributed by atoms with Crippen molar-refractivity contribution >= 4 is 28.2 Å². The predicted octanol–water partition coefficient (Wildman–Crippen LogP) is 4.03. The largest absolute Gasteiger partial charge is 0.478 e. The minimum absolute atomic E-state index is 0.0602. The quantitative estimate of drug-likeness (QED) is 0.316. The van der Waals surface area contributed by atoms with E-state index in [1.165, 1.54) is 30.5 Å². The molecule has 1 aromatic carbocycles. The Balaban J connectivity index is 1.31. The summed E-state index contributed by atoms with van der Waals surface area (Å²) >= 11 is 0. The molecular formula is C26H25F2N9O3. The predicted molar refractivity (Wildman–Crippen MR) is 141 cm³/mol. The molecule has 0 spiro atoms. The van der Waals surface area contributed by atoms with Crippen LogP contribution in [0.5, 0.6) is 23.1 Å². The van der Waals surface area contributed by atoms with Crippen LogP contribution in [0.25, 0.3) is 16.7 Å². The van der Waals surface area contributed by atoms with Gasteiger partial charge < -0.3 is 24.4 Å². The van der Waals surface area contributed by atoms with Crippen LogP contribution < -0.4 is 19.5 Å².